The van der Waals surface area contributed by atoms with Gasteiger partial charge in [0.15, 0.2) is 0 Å². The monoisotopic (exact) mass is 364 g/mol. The van der Waals surface area contributed by atoms with Gasteiger partial charge in [-0.2, -0.15) is 5.48 Å². The van der Waals surface area contributed by atoms with Crippen molar-refractivity contribution in [2.45, 2.75) is 45.6 Å². The lowest BCUT2D eigenvalue weighted by molar-refractivity contribution is 0.0861. The van der Waals surface area contributed by atoms with E-state index in [1.807, 2.05) is 24.4 Å². The fraction of sp³-hybridized carbons (Fsp3) is 0.348. The Bertz CT molecular complexity index is 855. The molecule has 0 saturated heterocycles. The summed E-state index contributed by atoms with van der Waals surface area (Å²) in [4.78, 5) is 9.72. The van der Waals surface area contributed by atoms with E-state index < -0.39 is 0 Å². The third kappa shape index (κ3) is 4.29. The Morgan fingerprint density at radius 3 is 2.70 bits per heavy atom. The van der Waals surface area contributed by atoms with Gasteiger partial charge in [-0.1, -0.05) is 42.5 Å². The van der Waals surface area contributed by atoms with E-state index in [2.05, 4.69) is 43.6 Å². The molecule has 4 heteroatoms. The molecular formula is C23H28N2O2. The van der Waals surface area contributed by atoms with E-state index in [1.165, 1.54) is 16.7 Å². The molecule has 1 heterocycles. The Kier molecular flexibility index (Phi) is 6.43. The Morgan fingerprint density at radius 2 is 1.89 bits per heavy atom. The van der Waals surface area contributed by atoms with Crippen molar-refractivity contribution >= 4 is 6.21 Å². The Hall–Kier alpha value is -2.43. The third-order valence-electron chi connectivity index (χ3n) is 5.25. The Balaban J connectivity index is 2.16. The summed E-state index contributed by atoms with van der Waals surface area (Å²) in [5, 5.41) is 11.0. The van der Waals surface area contributed by atoms with E-state index in [9.17, 15) is 5.11 Å². The molecule has 0 fully saturated rings. The highest BCUT2D eigenvalue weighted by Crippen LogP contribution is 2.41. The maximum atomic E-state index is 11.0. The highest BCUT2D eigenvalue weighted by Gasteiger charge is 2.25. The van der Waals surface area contributed by atoms with Crippen LogP contribution in [0.5, 0.6) is 5.75 Å². The van der Waals surface area contributed by atoms with Gasteiger partial charge in [-0.05, 0) is 49.8 Å². The van der Waals surface area contributed by atoms with Crippen LogP contribution in [-0.4, -0.2) is 18.4 Å². The maximum Gasteiger partial charge on any atom is 0.124 e. The molecule has 1 unspecified atom stereocenters. The van der Waals surface area contributed by atoms with Crippen LogP contribution in [0, 0.1) is 13.8 Å². The number of phenols is 1. The topological polar surface area (TPSA) is 53.8 Å². The number of aliphatic imine (C=N–C) groups is 1. The number of allylic oxidation sites excluding steroid dienone is 2. The molecule has 27 heavy (non-hydrogen) atoms. The van der Waals surface area contributed by atoms with Crippen LogP contribution in [0.3, 0.4) is 0 Å². The van der Waals surface area contributed by atoms with Gasteiger partial charge in [-0.3, -0.25) is 4.99 Å². The van der Waals surface area contributed by atoms with E-state index in [1.54, 1.807) is 7.11 Å². The molecule has 3 rings (SSSR count). The minimum atomic E-state index is -0.0956. The number of hydrogen-bond acceptors (Lipinski definition) is 4. The van der Waals surface area contributed by atoms with Crippen molar-refractivity contribution in [2.24, 2.45) is 4.99 Å². The number of aromatic hydroxyl groups is 1. The normalized spacial score (nSPS) is 15.3. The van der Waals surface area contributed by atoms with Crippen LogP contribution in [0.1, 0.15) is 53.0 Å². The van der Waals surface area contributed by atoms with Gasteiger partial charge in [-0.25, -0.2) is 0 Å². The van der Waals surface area contributed by atoms with Crippen molar-refractivity contribution in [3.63, 3.8) is 0 Å². The van der Waals surface area contributed by atoms with Gasteiger partial charge in [0.25, 0.3) is 0 Å². The van der Waals surface area contributed by atoms with Crippen molar-refractivity contribution in [3.8, 4) is 5.75 Å². The average Bonchev–Trinajstić information content (AvgIpc) is 2.95. The van der Waals surface area contributed by atoms with Crippen LogP contribution in [0.4, 0.5) is 0 Å². The van der Waals surface area contributed by atoms with Crippen LogP contribution in [0.25, 0.3) is 0 Å². The zero-order valence-corrected chi connectivity index (χ0v) is 16.3. The smallest absolute Gasteiger partial charge is 0.124 e. The van der Waals surface area contributed by atoms with Gasteiger partial charge in [0, 0.05) is 29.6 Å². The minimum Gasteiger partial charge on any atom is -0.507 e. The molecule has 0 spiro atoms. The third-order valence-corrected chi connectivity index (χ3v) is 5.25. The van der Waals surface area contributed by atoms with E-state index in [0.717, 1.165) is 36.1 Å². The van der Waals surface area contributed by atoms with Gasteiger partial charge in [0.1, 0.15) is 5.75 Å². The summed E-state index contributed by atoms with van der Waals surface area (Å²) >= 11 is 0. The second-order valence-corrected chi connectivity index (χ2v) is 6.97. The van der Waals surface area contributed by atoms with Gasteiger partial charge >= 0.3 is 0 Å². The Morgan fingerprint density at radius 1 is 1.11 bits per heavy atom. The number of phenolic OH excluding ortho intramolecular Hbond substituents is 1. The van der Waals surface area contributed by atoms with Crippen LogP contribution >= 0.6 is 0 Å². The minimum absolute atomic E-state index is 0.0956. The predicted molar refractivity (Wildman–Crippen MR) is 110 cm³/mol. The molecule has 2 N–H and O–H groups in total. The number of hydrogen-bond donors (Lipinski definition) is 2. The van der Waals surface area contributed by atoms with Crippen LogP contribution in [-0.2, 0) is 11.4 Å². The van der Waals surface area contributed by atoms with Crippen LogP contribution in [0.15, 0.2) is 53.2 Å². The van der Waals surface area contributed by atoms with Crippen molar-refractivity contribution in [1.29, 1.82) is 0 Å². The molecule has 0 aliphatic carbocycles. The van der Waals surface area contributed by atoms with E-state index in [0.29, 0.717) is 12.3 Å². The number of hydroxylamine groups is 1. The fourth-order valence-electron chi connectivity index (χ4n) is 3.58. The fourth-order valence-corrected chi connectivity index (χ4v) is 3.58. The highest BCUT2D eigenvalue weighted by atomic mass is 16.6. The summed E-state index contributed by atoms with van der Waals surface area (Å²) in [6.07, 6.45) is 7.32. The molecule has 1 aliphatic heterocycles. The number of rotatable bonds is 6. The van der Waals surface area contributed by atoms with Crippen molar-refractivity contribution in [1.82, 2.24) is 5.48 Å². The lowest BCUT2D eigenvalue weighted by atomic mass is 9.83. The molecule has 0 radical (unpaired) electrons. The summed E-state index contributed by atoms with van der Waals surface area (Å²) in [5.74, 6) is 0.204. The quantitative estimate of drug-likeness (QED) is 0.715. The predicted octanol–water partition coefficient (Wildman–Crippen LogP) is 4.93. The van der Waals surface area contributed by atoms with Gasteiger partial charge < -0.3 is 9.94 Å². The van der Waals surface area contributed by atoms with Crippen molar-refractivity contribution in [2.75, 3.05) is 7.11 Å². The van der Waals surface area contributed by atoms with E-state index in [4.69, 9.17) is 9.83 Å². The zero-order chi connectivity index (χ0) is 19.2. The van der Waals surface area contributed by atoms with Gasteiger partial charge in [0.05, 0.1) is 13.0 Å². The highest BCUT2D eigenvalue weighted by molar-refractivity contribution is 5.62. The van der Waals surface area contributed by atoms with Crippen molar-refractivity contribution < 1.29 is 9.94 Å². The lowest BCUT2D eigenvalue weighted by Gasteiger charge is -2.23. The molecule has 0 amide bonds. The summed E-state index contributed by atoms with van der Waals surface area (Å²) in [5.41, 5.74) is 9.18. The molecule has 2 aromatic carbocycles. The molecular weight excluding hydrogens is 336 g/mol. The Labute approximate surface area is 161 Å². The maximum absolute atomic E-state index is 11.0. The summed E-state index contributed by atoms with van der Waals surface area (Å²) in [6, 6.07) is 12.3. The number of benzene rings is 2. The first kappa shape index (κ1) is 19.3. The zero-order valence-electron chi connectivity index (χ0n) is 16.3. The summed E-state index contributed by atoms with van der Waals surface area (Å²) < 4.78 is 0. The molecule has 0 saturated carbocycles. The average molecular weight is 364 g/mol. The number of nitrogens with zero attached hydrogens (tertiary/aromatic N) is 1. The lowest BCUT2D eigenvalue weighted by Crippen LogP contribution is -2.12. The van der Waals surface area contributed by atoms with Gasteiger partial charge in [-0.15, -0.1) is 0 Å². The molecule has 2 aromatic rings. The molecule has 4 nitrogen and oxygen atoms in total. The first-order valence-electron chi connectivity index (χ1n) is 9.48. The molecule has 1 aliphatic rings. The van der Waals surface area contributed by atoms with Gasteiger partial charge in [0.2, 0.25) is 0 Å². The van der Waals surface area contributed by atoms with Crippen LogP contribution in [0.2, 0.25) is 0 Å². The van der Waals surface area contributed by atoms with Crippen molar-refractivity contribution in [3.05, 3.63) is 76.0 Å². The number of aryl methyl sites for hydroxylation is 1. The number of para-hydroxylation sites is 1. The van der Waals surface area contributed by atoms with E-state index in [-0.39, 0.29) is 5.92 Å². The van der Waals surface area contributed by atoms with E-state index >= 15 is 0 Å². The second kappa shape index (κ2) is 8.98. The molecule has 0 bridgehead atoms. The standard InChI is InChI=1S/C23H28N2O2/c1-16-9-7-11-19(17(16)2)22(21-13-5-4-6-14-24-21)20-12-8-10-18(23(20)26)15-25-27-3/h7-14,22,25-26H,4-6,15H2,1-3H3. The summed E-state index contributed by atoms with van der Waals surface area (Å²) in [7, 11) is 1.57. The SMILES string of the molecule is CONCc1cccc(C(C2=CCCCC=N2)c2cccc(C)c2C)c1O. The second-order valence-electron chi connectivity index (χ2n) is 6.97. The molecule has 142 valence electrons. The number of nitrogens with one attached hydrogen (secondary N) is 1. The molecule has 0 aromatic heterocycles. The first-order chi connectivity index (χ1) is 13.1. The first-order valence-corrected chi connectivity index (χ1v) is 9.48. The summed E-state index contributed by atoms with van der Waals surface area (Å²) in [6.45, 7) is 4.71. The largest absolute Gasteiger partial charge is 0.507 e. The molecule has 1 atom stereocenters. The van der Waals surface area contributed by atoms with Crippen LogP contribution < -0.4 is 5.48 Å².